The third kappa shape index (κ3) is 2.89. The van der Waals surface area contributed by atoms with Crippen molar-refractivity contribution >= 4 is 17.3 Å². The molecular weight excluding hydrogens is 228 g/mol. The maximum atomic E-state index is 7.29. The topological polar surface area (TPSA) is 81.3 Å². The number of guanidine groups is 1. The van der Waals surface area contributed by atoms with Crippen LogP contribution in [0.4, 0.5) is 11.4 Å². The van der Waals surface area contributed by atoms with Gasteiger partial charge in [0, 0.05) is 26.2 Å². The van der Waals surface area contributed by atoms with Gasteiger partial charge in [0.1, 0.15) is 0 Å². The first-order valence-electron chi connectivity index (χ1n) is 6.07. The first-order chi connectivity index (χ1) is 8.56. The van der Waals surface area contributed by atoms with Crippen LogP contribution in [0, 0.1) is 12.3 Å². The zero-order chi connectivity index (χ0) is 13.1. The second-order valence-electron chi connectivity index (χ2n) is 4.66. The molecule has 0 atom stereocenters. The standard InChI is InChI=1S/C12H20N6/c1-9-11(16-12(13)14)7-10(8-15-9)18-5-3-17(2)4-6-18/h7-8H,3-6H2,1-2H3,(H4,13,14,16). The number of likely N-dealkylation sites (N-methyl/N-ethyl adjacent to an activating group) is 1. The van der Waals surface area contributed by atoms with Crippen molar-refractivity contribution in [3.8, 4) is 0 Å². The molecule has 0 unspecified atom stereocenters. The number of aryl methyl sites for hydroxylation is 1. The quantitative estimate of drug-likeness (QED) is 0.523. The molecule has 1 aromatic rings. The Hall–Kier alpha value is -1.82. The van der Waals surface area contributed by atoms with Gasteiger partial charge in [-0.1, -0.05) is 0 Å². The first kappa shape index (κ1) is 12.6. The second kappa shape index (κ2) is 5.22. The Kier molecular flexibility index (Phi) is 3.66. The minimum Gasteiger partial charge on any atom is -0.370 e. The summed E-state index contributed by atoms with van der Waals surface area (Å²) in [5.74, 6) is -0.0598. The van der Waals surface area contributed by atoms with Gasteiger partial charge in [-0.2, -0.15) is 0 Å². The molecule has 0 radical (unpaired) electrons. The zero-order valence-corrected chi connectivity index (χ0v) is 10.9. The van der Waals surface area contributed by atoms with Crippen LogP contribution < -0.4 is 16.0 Å². The van der Waals surface area contributed by atoms with Crippen molar-refractivity contribution in [2.24, 2.45) is 5.73 Å². The molecule has 1 fully saturated rings. The normalized spacial score (nSPS) is 16.7. The highest BCUT2D eigenvalue weighted by Gasteiger charge is 2.15. The Morgan fingerprint density at radius 1 is 1.39 bits per heavy atom. The van der Waals surface area contributed by atoms with E-state index < -0.39 is 0 Å². The predicted octanol–water partition coefficient (Wildman–Crippen LogP) is 0.447. The molecular formula is C12H20N6. The van der Waals surface area contributed by atoms with Gasteiger partial charge in [0.05, 0.1) is 23.3 Å². The maximum Gasteiger partial charge on any atom is 0.190 e. The Bertz CT molecular complexity index is 436. The zero-order valence-electron chi connectivity index (χ0n) is 10.9. The first-order valence-corrected chi connectivity index (χ1v) is 6.07. The van der Waals surface area contributed by atoms with E-state index in [9.17, 15) is 0 Å². The van der Waals surface area contributed by atoms with Crippen LogP contribution in [-0.2, 0) is 0 Å². The number of hydrogen-bond donors (Lipinski definition) is 3. The van der Waals surface area contributed by atoms with Crippen LogP contribution in [0.1, 0.15) is 5.69 Å². The SMILES string of the molecule is Cc1ncc(N2CCN(C)CC2)cc1NC(=N)N. The second-order valence-corrected chi connectivity index (χ2v) is 4.66. The monoisotopic (exact) mass is 248 g/mol. The van der Waals surface area contributed by atoms with Gasteiger partial charge in [0.25, 0.3) is 0 Å². The Balaban J connectivity index is 2.16. The molecule has 6 heteroatoms. The summed E-state index contributed by atoms with van der Waals surface area (Å²) in [6.07, 6.45) is 1.88. The van der Waals surface area contributed by atoms with Crippen molar-refractivity contribution in [2.45, 2.75) is 6.92 Å². The number of aromatic nitrogens is 1. The molecule has 0 aromatic carbocycles. The molecule has 2 heterocycles. The molecule has 0 bridgehead atoms. The smallest absolute Gasteiger partial charge is 0.190 e. The molecule has 18 heavy (non-hydrogen) atoms. The number of rotatable bonds is 2. The van der Waals surface area contributed by atoms with E-state index in [2.05, 4.69) is 27.1 Å². The number of pyridine rings is 1. The highest BCUT2D eigenvalue weighted by molar-refractivity contribution is 5.90. The van der Waals surface area contributed by atoms with Crippen LogP contribution in [0.2, 0.25) is 0 Å². The molecule has 1 aromatic heterocycles. The van der Waals surface area contributed by atoms with E-state index in [0.29, 0.717) is 0 Å². The lowest BCUT2D eigenvalue weighted by atomic mass is 10.2. The van der Waals surface area contributed by atoms with Crippen molar-refractivity contribution in [3.63, 3.8) is 0 Å². The summed E-state index contributed by atoms with van der Waals surface area (Å²) in [4.78, 5) is 8.97. The van der Waals surface area contributed by atoms with Crippen LogP contribution in [0.25, 0.3) is 0 Å². The van der Waals surface area contributed by atoms with E-state index in [1.807, 2.05) is 19.2 Å². The van der Waals surface area contributed by atoms with Gasteiger partial charge < -0.3 is 20.9 Å². The summed E-state index contributed by atoms with van der Waals surface area (Å²) in [5, 5.41) is 10.1. The Morgan fingerprint density at radius 2 is 2.06 bits per heavy atom. The average molecular weight is 248 g/mol. The number of hydrogen-bond acceptors (Lipinski definition) is 4. The van der Waals surface area contributed by atoms with E-state index in [-0.39, 0.29) is 5.96 Å². The lowest BCUT2D eigenvalue weighted by Crippen LogP contribution is -2.44. The van der Waals surface area contributed by atoms with Crippen molar-refractivity contribution < 1.29 is 0 Å². The summed E-state index contributed by atoms with van der Waals surface area (Å²) in [7, 11) is 2.13. The molecule has 0 amide bonds. The predicted molar refractivity (Wildman–Crippen MR) is 74.2 cm³/mol. The molecule has 1 saturated heterocycles. The van der Waals surface area contributed by atoms with Crippen molar-refractivity contribution in [1.82, 2.24) is 9.88 Å². The van der Waals surface area contributed by atoms with Crippen molar-refractivity contribution in [3.05, 3.63) is 18.0 Å². The lowest BCUT2D eigenvalue weighted by molar-refractivity contribution is 0.313. The molecule has 2 rings (SSSR count). The van der Waals surface area contributed by atoms with E-state index in [0.717, 1.165) is 43.2 Å². The largest absolute Gasteiger partial charge is 0.370 e. The number of anilines is 2. The van der Waals surface area contributed by atoms with E-state index in [1.54, 1.807) is 0 Å². The van der Waals surface area contributed by atoms with Crippen molar-refractivity contribution in [2.75, 3.05) is 43.4 Å². The third-order valence-electron chi connectivity index (χ3n) is 3.21. The van der Waals surface area contributed by atoms with Gasteiger partial charge >= 0.3 is 0 Å². The van der Waals surface area contributed by atoms with Gasteiger partial charge in [-0.3, -0.25) is 10.4 Å². The molecule has 1 aliphatic heterocycles. The van der Waals surface area contributed by atoms with Crippen LogP contribution in [0.15, 0.2) is 12.3 Å². The van der Waals surface area contributed by atoms with Crippen LogP contribution in [-0.4, -0.2) is 49.1 Å². The fourth-order valence-electron chi connectivity index (χ4n) is 2.03. The van der Waals surface area contributed by atoms with Gasteiger partial charge in [0.2, 0.25) is 0 Å². The molecule has 98 valence electrons. The average Bonchev–Trinajstić information content (AvgIpc) is 2.32. The van der Waals surface area contributed by atoms with Crippen molar-refractivity contribution in [1.29, 1.82) is 5.41 Å². The maximum absolute atomic E-state index is 7.29. The summed E-state index contributed by atoms with van der Waals surface area (Å²) in [5.41, 5.74) is 8.10. The highest BCUT2D eigenvalue weighted by atomic mass is 15.2. The van der Waals surface area contributed by atoms with Gasteiger partial charge in [-0.05, 0) is 20.0 Å². The fraction of sp³-hybridized carbons (Fsp3) is 0.500. The molecule has 0 aliphatic carbocycles. The highest BCUT2D eigenvalue weighted by Crippen LogP contribution is 2.21. The van der Waals surface area contributed by atoms with E-state index in [1.165, 1.54) is 0 Å². The lowest BCUT2D eigenvalue weighted by Gasteiger charge is -2.34. The Labute approximate surface area is 107 Å². The molecule has 1 aliphatic rings. The number of nitrogens with one attached hydrogen (secondary N) is 2. The van der Waals surface area contributed by atoms with Crippen LogP contribution in [0.3, 0.4) is 0 Å². The van der Waals surface area contributed by atoms with Crippen LogP contribution in [0.5, 0.6) is 0 Å². The summed E-state index contributed by atoms with van der Waals surface area (Å²) < 4.78 is 0. The van der Waals surface area contributed by atoms with Gasteiger partial charge in [-0.25, -0.2) is 0 Å². The molecule has 0 spiro atoms. The van der Waals surface area contributed by atoms with E-state index in [4.69, 9.17) is 11.1 Å². The van der Waals surface area contributed by atoms with Gasteiger partial charge in [-0.15, -0.1) is 0 Å². The minimum absolute atomic E-state index is 0.0598. The number of nitrogens with two attached hydrogens (primary N) is 1. The number of nitrogens with zero attached hydrogens (tertiary/aromatic N) is 3. The summed E-state index contributed by atoms with van der Waals surface area (Å²) in [6.45, 7) is 6.02. The Morgan fingerprint density at radius 3 is 2.67 bits per heavy atom. The van der Waals surface area contributed by atoms with E-state index >= 15 is 0 Å². The van der Waals surface area contributed by atoms with Gasteiger partial charge in [0.15, 0.2) is 5.96 Å². The fourth-order valence-corrected chi connectivity index (χ4v) is 2.03. The molecule has 6 nitrogen and oxygen atoms in total. The van der Waals surface area contributed by atoms with Crippen LogP contribution >= 0.6 is 0 Å². The summed E-state index contributed by atoms with van der Waals surface area (Å²) in [6, 6.07) is 2.01. The molecule has 0 saturated carbocycles. The summed E-state index contributed by atoms with van der Waals surface area (Å²) >= 11 is 0. The molecule has 4 N–H and O–H groups in total. The minimum atomic E-state index is -0.0598. The number of piperazine rings is 1. The third-order valence-corrected chi connectivity index (χ3v) is 3.21.